The highest BCUT2D eigenvalue weighted by Crippen LogP contribution is 2.45. The smallest absolute Gasteiger partial charge is 0.368 e. The van der Waals surface area contributed by atoms with Crippen LogP contribution in [0.4, 0.5) is 10.1 Å². The van der Waals surface area contributed by atoms with Crippen molar-refractivity contribution < 1.29 is 28.8 Å². The predicted octanol–water partition coefficient (Wildman–Crippen LogP) is 1.49. The van der Waals surface area contributed by atoms with Crippen LogP contribution >= 0.6 is 0 Å². The molecule has 2 saturated heterocycles. The van der Waals surface area contributed by atoms with Gasteiger partial charge in [0.1, 0.15) is 23.7 Å². The normalized spacial score (nSPS) is 28.6. The summed E-state index contributed by atoms with van der Waals surface area (Å²) in [7, 11) is 1.26. The number of esters is 1. The third-order valence-electron chi connectivity index (χ3n) is 6.08. The number of nitrogens with zero attached hydrogens (tertiary/aromatic N) is 1. The molecule has 0 unspecified atom stereocenters. The van der Waals surface area contributed by atoms with Crippen LogP contribution in [0.1, 0.15) is 24.1 Å². The minimum atomic E-state index is -1.26. The van der Waals surface area contributed by atoms with Crippen LogP contribution in [-0.2, 0) is 19.1 Å². The number of amides is 2. The van der Waals surface area contributed by atoms with Gasteiger partial charge in [0.2, 0.25) is 17.4 Å². The number of fused-ring (bicyclic) bond motifs is 1. The number of carbonyl (C=O) groups excluding carboxylic acids is 3. The molecule has 2 heterocycles. The maximum Gasteiger partial charge on any atom is 0.368 e. The second-order valence-electron chi connectivity index (χ2n) is 7.87. The summed E-state index contributed by atoms with van der Waals surface area (Å²) in [6.45, 7) is 3.55. The highest BCUT2D eigenvalue weighted by molar-refractivity contribution is 6.23. The molecular weight excluding hydrogens is 375 g/mol. The molecule has 0 bridgehead atoms. The molecule has 0 saturated carbocycles. The van der Waals surface area contributed by atoms with Gasteiger partial charge >= 0.3 is 5.97 Å². The topological polar surface area (TPSA) is 80.3 Å². The van der Waals surface area contributed by atoms with E-state index in [4.69, 9.17) is 4.74 Å². The first-order chi connectivity index (χ1) is 13.8. The lowest BCUT2D eigenvalue weighted by Crippen LogP contribution is -2.97. The summed E-state index contributed by atoms with van der Waals surface area (Å²) in [5.74, 6) is -3.37. The quantitative estimate of drug-likeness (QED) is 0.629. The zero-order valence-electron chi connectivity index (χ0n) is 16.4. The van der Waals surface area contributed by atoms with E-state index in [1.165, 1.54) is 24.1 Å². The molecule has 2 fully saturated rings. The number of ether oxygens (including phenoxy) is 1. The van der Waals surface area contributed by atoms with Crippen molar-refractivity contribution in [2.75, 3.05) is 12.0 Å². The highest BCUT2D eigenvalue weighted by atomic mass is 19.1. The number of imide groups is 1. The fourth-order valence-corrected chi connectivity index (χ4v) is 4.62. The van der Waals surface area contributed by atoms with Crippen molar-refractivity contribution in [3.05, 3.63) is 65.5 Å². The second kappa shape index (κ2) is 6.77. The summed E-state index contributed by atoms with van der Waals surface area (Å²) in [5.41, 5.74) is 0.904. The first-order valence-electron chi connectivity index (χ1n) is 9.42. The van der Waals surface area contributed by atoms with Gasteiger partial charge in [-0.15, -0.1) is 0 Å². The van der Waals surface area contributed by atoms with E-state index < -0.39 is 41.1 Å². The van der Waals surface area contributed by atoms with E-state index in [0.29, 0.717) is 11.3 Å². The third kappa shape index (κ3) is 2.84. The largest absolute Gasteiger partial charge is 0.464 e. The minimum absolute atomic E-state index is 0.359. The van der Waals surface area contributed by atoms with Gasteiger partial charge in [0.15, 0.2) is 0 Å². The number of hydrogen-bond donors (Lipinski definition) is 1. The Morgan fingerprint density at radius 3 is 2.28 bits per heavy atom. The first-order valence-corrected chi connectivity index (χ1v) is 9.42. The zero-order chi connectivity index (χ0) is 20.9. The molecule has 2 aliphatic rings. The van der Waals surface area contributed by atoms with Crippen LogP contribution in [0.2, 0.25) is 0 Å². The Bertz CT molecular complexity index is 989. The molecule has 2 amide bonds. The summed E-state index contributed by atoms with van der Waals surface area (Å²) < 4.78 is 18.4. The van der Waals surface area contributed by atoms with Crippen molar-refractivity contribution in [3.8, 4) is 0 Å². The summed E-state index contributed by atoms with van der Waals surface area (Å²) in [6, 6.07) is 12.4. The molecule has 29 heavy (non-hydrogen) atoms. The van der Waals surface area contributed by atoms with Gasteiger partial charge in [-0.3, -0.25) is 9.59 Å². The molecule has 0 aromatic heterocycles. The van der Waals surface area contributed by atoms with Gasteiger partial charge in [-0.1, -0.05) is 29.8 Å². The Morgan fingerprint density at radius 1 is 1.07 bits per heavy atom. The summed E-state index contributed by atoms with van der Waals surface area (Å²) in [6.07, 6.45) is 0. The zero-order valence-corrected chi connectivity index (χ0v) is 16.4. The molecule has 6 nitrogen and oxygen atoms in total. The van der Waals surface area contributed by atoms with Crippen molar-refractivity contribution in [1.29, 1.82) is 0 Å². The Morgan fingerprint density at radius 2 is 1.69 bits per heavy atom. The van der Waals surface area contributed by atoms with E-state index in [9.17, 15) is 18.8 Å². The molecule has 4 atom stereocenters. The molecule has 150 valence electrons. The monoisotopic (exact) mass is 397 g/mol. The number of hydrogen-bond acceptors (Lipinski definition) is 4. The Hall–Kier alpha value is -3.06. The fraction of sp³-hybridized carbons (Fsp3) is 0.318. The van der Waals surface area contributed by atoms with Crippen molar-refractivity contribution >= 4 is 23.5 Å². The number of aryl methyl sites for hydroxylation is 1. The Labute approximate surface area is 167 Å². The number of methoxy groups -OCH3 is 1. The number of benzene rings is 2. The van der Waals surface area contributed by atoms with Gasteiger partial charge in [0, 0.05) is 12.5 Å². The second-order valence-corrected chi connectivity index (χ2v) is 7.87. The lowest BCUT2D eigenvalue weighted by molar-refractivity contribution is -0.730. The molecule has 2 aromatic rings. The summed E-state index contributed by atoms with van der Waals surface area (Å²) >= 11 is 0. The van der Waals surface area contributed by atoms with Crippen LogP contribution < -0.4 is 10.2 Å². The van der Waals surface area contributed by atoms with E-state index in [0.717, 1.165) is 5.56 Å². The molecule has 2 aromatic carbocycles. The molecule has 7 heteroatoms. The van der Waals surface area contributed by atoms with Gasteiger partial charge in [0.25, 0.3) is 0 Å². The van der Waals surface area contributed by atoms with Crippen molar-refractivity contribution in [2.24, 2.45) is 11.8 Å². The van der Waals surface area contributed by atoms with Crippen LogP contribution in [0, 0.1) is 24.6 Å². The van der Waals surface area contributed by atoms with E-state index >= 15 is 0 Å². The Kier molecular flexibility index (Phi) is 4.50. The molecule has 4 rings (SSSR count). The SMILES string of the molecule is COC(=O)[C@]1(C)[NH2+][C@H](c2ccc(F)cc2)[C@H]2C(=O)N(c3ccc(C)cc3)C(=O)[C@H]21. The first kappa shape index (κ1) is 19.3. The lowest BCUT2D eigenvalue weighted by Gasteiger charge is -2.25. The molecule has 0 aliphatic carbocycles. The van der Waals surface area contributed by atoms with Crippen molar-refractivity contribution in [2.45, 2.75) is 25.4 Å². The molecule has 0 radical (unpaired) electrons. The standard InChI is InChI=1S/C22H21FN2O4/c1-12-4-10-15(11-5-12)25-19(26)16-17(20(25)27)22(2,21(28)29-3)24-18(16)13-6-8-14(23)9-7-13/h4-11,16-18,24H,1-3H3/p+1/t16-,17-,18+,22+/m0/s1. The molecule has 0 spiro atoms. The van der Waals surface area contributed by atoms with Gasteiger partial charge in [-0.2, -0.15) is 0 Å². The van der Waals surface area contributed by atoms with Gasteiger partial charge in [-0.05, 0) is 31.2 Å². The number of anilines is 1. The van der Waals surface area contributed by atoms with Crippen LogP contribution in [0.5, 0.6) is 0 Å². The van der Waals surface area contributed by atoms with E-state index in [1.807, 2.05) is 19.1 Å². The van der Waals surface area contributed by atoms with Gasteiger partial charge in [-0.25, -0.2) is 14.1 Å². The average Bonchev–Trinajstić information content (AvgIpc) is 3.17. The summed E-state index contributed by atoms with van der Waals surface area (Å²) in [4.78, 5) is 40.6. The van der Waals surface area contributed by atoms with Gasteiger partial charge < -0.3 is 10.1 Å². The van der Waals surface area contributed by atoms with Crippen LogP contribution in [-0.4, -0.2) is 30.4 Å². The molecular formula is C22H22FN2O4+. The number of carbonyl (C=O) groups is 3. The number of nitrogens with two attached hydrogens (primary N) is 1. The maximum absolute atomic E-state index is 13.4. The number of rotatable bonds is 3. The van der Waals surface area contributed by atoms with E-state index in [-0.39, 0.29) is 5.91 Å². The average molecular weight is 397 g/mol. The third-order valence-corrected chi connectivity index (χ3v) is 6.08. The minimum Gasteiger partial charge on any atom is -0.464 e. The van der Waals surface area contributed by atoms with Crippen molar-refractivity contribution in [3.63, 3.8) is 0 Å². The number of quaternary nitrogens is 1. The van der Waals surface area contributed by atoms with E-state index in [1.54, 1.807) is 36.5 Å². The van der Waals surface area contributed by atoms with Crippen LogP contribution in [0.3, 0.4) is 0 Å². The van der Waals surface area contributed by atoms with Crippen molar-refractivity contribution in [1.82, 2.24) is 0 Å². The fourth-order valence-electron chi connectivity index (χ4n) is 4.62. The molecule has 2 N–H and O–H groups in total. The lowest BCUT2D eigenvalue weighted by atomic mass is 9.80. The maximum atomic E-state index is 13.4. The Balaban J connectivity index is 1.81. The highest BCUT2D eigenvalue weighted by Gasteiger charge is 2.70. The molecule has 2 aliphatic heterocycles. The van der Waals surface area contributed by atoms with E-state index in [2.05, 4.69) is 0 Å². The number of halogens is 1. The summed E-state index contributed by atoms with van der Waals surface area (Å²) in [5, 5.41) is 1.71. The van der Waals surface area contributed by atoms with Crippen LogP contribution in [0.15, 0.2) is 48.5 Å². The van der Waals surface area contributed by atoms with Crippen LogP contribution in [0.25, 0.3) is 0 Å². The van der Waals surface area contributed by atoms with Gasteiger partial charge in [0.05, 0.1) is 12.8 Å². The predicted molar refractivity (Wildman–Crippen MR) is 102 cm³/mol.